The fourth-order valence-corrected chi connectivity index (χ4v) is 3.46. The van der Waals surface area contributed by atoms with E-state index < -0.39 is 0 Å². The highest BCUT2D eigenvalue weighted by Gasteiger charge is 2.35. The molecule has 0 spiro atoms. The summed E-state index contributed by atoms with van der Waals surface area (Å²) in [5.74, 6) is 0.957. The lowest BCUT2D eigenvalue weighted by molar-refractivity contribution is 0.0618. The van der Waals surface area contributed by atoms with Gasteiger partial charge in [-0.1, -0.05) is 18.2 Å². The van der Waals surface area contributed by atoms with E-state index in [0.29, 0.717) is 17.5 Å². The highest BCUT2D eigenvalue weighted by atomic mass is 16.3. The largest absolute Gasteiger partial charge is 0.444 e. The maximum Gasteiger partial charge on any atom is 0.273 e. The molecule has 0 radical (unpaired) electrons. The number of hydrogen-bond acceptors (Lipinski definition) is 4. The topological polar surface area (TPSA) is 58.4 Å². The normalized spacial score (nSPS) is 26.8. The molecule has 5 heteroatoms. The summed E-state index contributed by atoms with van der Waals surface area (Å²) in [7, 11) is 0. The Labute approximate surface area is 129 Å². The van der Waals surface area contributed by atoms with Crippen LogP contribution in [-0.4, -0.2) is 41.5 Å². The minimum absolute atomic E-state index is 0.135. The fraction of sp³-hybridized carbons (Fsp3) is 0.412. The van der Waals surface area contributed by atoms with Gasteiger partial charge in [-0.25, -0.2) is 4.98 Å². The van der Waals surface area contributed by atoms with E-state index in [4.69, 9.17) is 4.42 Å². The third-order valence-electron chi connectivity index (χ3n) is 4.73. The molecule has 3 saturated heterocycles. The smallest absolute Gasteiger partial charge is 0.273 e. The van der Waals surface area contributed by atoms with E-state index in [0.717, 1.165) is 12.1 Å². The molecule has 1 atom stereocenters. The summed E-state index contributed by atoms with van der Waals surface area (Å²) >= 11 is 0. The average Bonchev–Trinajstić information content (AvgIpc) is 3.07. The number of rotatable bonds is 3. The molecule has 3 aliphatic heterocycles. The summed E-state index contributed by atoms with van der Waals surface area (Å²) in [6.07, 6.45) is 3.80. The number of nitrogens with one attached hydrogen (secondary N) is 1. The van der Waals surface area contributed by atoms with Gasteiger partial charge >= 0.3 is 0 Å². The van der Waals surface area contributed by atoms with E-state index >= 15 is 0 Å². The second-order valence-corrected chi connectivity index (χ2v) is 6.12. The molecule has 3 aliphatic rings. The lowest BCUT2D eigenvalue weighted by Gasteiger charge is -2.44. The number of carbonyl (C=O) groups excluding carboxylic acids is 1. The summed E-state index contributed by atoms with van der Waals surface area (Å²) in [4.78, 5) is 19.1. The number of carbonyl (C=O) groups is 1. The average molecular weight is 297 g/mol. The van der Waals surface area contributed by atoms with Crippen LogP contribution < -0.4 is 5.32 Å². The Morgan fingerprint density at radius 3 is 2.68 bits per heavy atom. The van der Waals surface area contributed by atoms with Gasteiger partial charge < -0.3 is 14.6 Å². The van der Waals surface area contributed by atoms with Gasteiger partial charge in [0, 0.05) is 18.2 Å². The second kappa shape index (κ2) is 5.57. The van der Waals surface area contributed by atoms with E-state index in [9.17, 15) is 4.79 Å². The summed E-state index contributed by atoms with van der Waals surface area (Å²) < 4.78 is 5.44. The predicted molar refractivity (Wildman–Crippen MR) is 82.4 cm³/mol. The van der Waals surface area contributed by atoms with Crippen molar-refractivity contribution in [2.75, 3.05) is 19.6 Å². The van der Waals surface area contributed by atoms with Crippen molar-refractivity contribution in [2.24, 2.45) is 5.92 Å². The number of aromatic nitrogens is 1. The van der Waals surface area contributed by atoms with Crippen molar-refractivity contribution in [3.8, 4) is 11.5 Å². The van der Waals surface area contributed by atoms with Crippen LogP contribution in [0.25, 0.3) is 11.5 Å². The molecule has 5 nitrogen and oxygen atoms in total. The molecule has 3 fully saturated rings. The number of benzene rings is 1. The van der Waals surface area contributed by atoms with Crippen LogP contribution in [0, 0.1) is 5.92 Å². The molecule has 2 aromatic rings. The number of nitrogens with zero attached hydrogens (tertiary/aromatic N) is 2. The molecule has 1 unspecified atom stereocenters. The minimum Gasteiger partial charge on any atom is -0.444 e. The Morgan fingerprint density at radius 1 is 1.23 bits per heavy atom. The first-order valence-corrected chi connectivity index (χ1v) is 7.84. The third kappa shape index (κ3) is 2.52. The Hall–Kier alpha value is -2.14. The molecule has 2 bridgehead atoms. The van der Waals surface area contributed by atoms with Crippen molar-refractivity contribution in [2.45, 2.75) is 18.9 Å². The predicted octanol–water partition coefficient (Wildman–Crippen LogP) is 2.17. The number of hydrogen-bond donors (Lipinski definition) is 1. The van der Waals surface area contributed by atoms with Crippen molar-refractivity contribution in [3.63, 3.8) is 0 Å². The highest BCUT2D eigenvalue weighted by molar-refractivity contribution is 5.92. The van der Waals surface area contributed by atoms with E-state index in [2.05, 4.69) is 15.2 Å². The van der Waals surface area contributed by atoms with Gasteiger partial charge in [0.2, 0.25) is 5.89 Å². The number of piperidine rings is 3. The fourth-order valence-electron chi connectivity index (χ4n) is 3.46. The molecular weight excluding hydrogens is 278 g/mol. The first-order chi connectivity index (χ1) is 10.8. The van der Waals surface area contributed by atoms with E-state index in [1.807, 2.05) is 30.3 Å². The number of amides is 1. The van der Waals surface area contributed by atoms with Gasteiger partial charge in [-0.05, 0) is 44.0 Å². The van der Waals surface area contributed by atoms with Crippen LogP contribution in [-0.2, 0) is 0 Å². The van der Waals surface area contributed by atoms with Crippen molar-refractivity contribution in [1.82, 2.24) is 15.2 Å². The van der Waals surface area contributed by atoms with Crippen LogP contribution in [0.5, 0.6) is 0 Å². The Kier molecular flexibility index (Phi) is 3.42. The second-order valence-electron chi connectivity index (χ2n) is 6.12. The van der Waals surface area contributed by atoms with Gasteiger partial charge in [-0.15, -0.1) is 0 Å². The van der Waals surface area contributed by atoms with Gasteiger partial charge in [0.1, 0.15) is 6.26 Å². The zero-order valence-corrected chi connectivity index (χ0v) is 12.4. The van der Waals surface area contributed by atoms with E-state index in [1.165, 1.54) is 32.2 Å². The van der Waals surface area contributed by atoms with Crippen molar-refractivity contribution in [1.29, 1.82) is 0 Å². The molecule has 0 aliphatic carbocycles. The molecular formula is C17H19N3O2. The van der Waals surface area contributed by atoms with Gasteiger partial charge in [0.15, 0.2) is 5.69 Å². The molecule has 1 aromatic carbocycles. The maximum absolute atomic E-state index is 12.4. The van der Waals surface area contributed by atoms with Gasteiger partial charge in [0.25, 0.3) is 5.91 Å². The van der Waals surface area contributed by atoms with Crippen LogP contribution in [0.3, 0.4) is 0 Å². The van der Waals surface area contributed by atoms with Crippen LogP contribution in [0.2, 0.25) is 0 Å². The maximum atomic E-state index is 12.4. The number of fused-ring (bicyclic) bond motifs is 3. The zero-order chi connectivity index (χ0) is 14.9. The Balaban J connectivity index is 1.46. The van der Waals surface area contributed by atoms with Gasteiger partial charge in [-0.3, -0.25) is 4.79 Å². The summed E-state index contributed by atoms with van der Waals surface area (Å²) in [6, 6.07) is 9.86. The number of oxazole rings is 1. The van der Waals surface area contributed by atoms with E-state index in [1.54, 1.807) is 0 Å². The molecule has 0 saturated carbocycles. The van der Waals surface area contributed by atoms with Crippen molar-refractivity contribution >= 4 is 5.91 Å². The molecule has 114 valence electrons. The minimum atomic E-state index is -0.135. The summed E-state index contributed by atoms with van der Waals surface area (Å²) in [6.45, 7) is 3.29. The van der Waals surface area contributed by atoms with Crippen molar-refractivity contribution < 1.29 is 9.21 Å². The molecule has 1 amide bonds. The third-order valence-corrected chi connectivity index (χ3v) is 4.73. The van der Waals surface area contributed by atoms with Crippen LogP contribution >= 0.6 is 0 Å². The SMILES string of the molecule is O=C(NC1CN2CCC1CC2)c1coc(-c2ccccc2)n1. The lowest BCUT2D eigenvalue weighted by atomic mass is 9.84. The molecule has 1 aromatic heterocycles. The standard InChI is InChI=1S/C17H19N3O2/c21-16(18-14-10-20-8-6-12(14)7-9-20)15-11-22-17(19-15)13-4-2-1-3-5-13/h1-5,11-12,14H,6-10H2,(H,18,21). The molecule has 1 N–H and O–H groups in total. The first-order valence-electron chi connectivity index (χ1n) is 7.84. The Bertz CT molecular complexity index is 660. The zero-order valence-electron chi connectivity index (χ0n) is 12.4. The van der Waals surface area contributed by atoms with E-state index in [-0.39, 0.29) is 11.9 Å². The van der Waals surface area contributed by atoms with Gasteiger partial charge in [-0.2, -0.15) is 0 Å². The lowest BCUT2D eigenvalue weighted by Crippen LogP contribution is -2.57. The molecule has 4 heterocycles. The van der Waals surface area contributed by atoms with Crippen LogP contribution in [0.15, 0.2) is 41.0 Å². The molecule has 5 rings (SSSR count). The molecule has 22 heavy (non-hydrogen) atoms. The summed E-state index contributed by atoms with van der Waals surface area (Å²) in [5, 5.41) is 3.13. The monoisotopic (exact) mass is 297 g/mol. The van der Waals surface area contributed by atoms with Gasteiger partial charge in [0.05, 0.1) is 0 Å². The first kappa shape index (κ1) is 13.5. The highest BCUT2D eigenvalue weighted by Crippen LogP contribution is 2.27. The Morgan fingerprint density at radius 2 is 2.00 bits per heavy atom. The van der Waals surface area contributed by atoms with Crippen molar-refractivity contribution in [3.05, 3.63) is 42.3 Å². The van der Waals surface area contributed by atoms with Crippen LogP contribution in [0.4, 0.5) is 0 Å². The summed E-state index contributed by atoms with van der Waals surface area (Å²) in [5.41, 5.74) is 1.24. The quantitative estimate of drug-likeness (QED) is 0.943. The van der Waals surface area contributed by atoms with Crippen LogP contribution in [0.1, 0.15) is 23.3 Å².